The van der Waals surface area contributed by atoms with E-state index in [1.165, 1.54) is 11.2 Å². The van der Waals surface area contributed by atoms with E-state index in [0.29, 0.717) is 24.0 Å². The van der Waals surface area contributed by atoms with E-state index in [-0.39, 0.29) is 18.1 Å². The lowest BCUT2D eigenvalue weighted by molar-refractivity contribution is 0.0635. The van der Waals surface area contributed by atoms with Gasteiger partial charge in [-0.05, 0) is 12.5 Å². The molecule has 7 heteroatoms. The van der Waals surface area contributed by atoms with E-state index in [4.69, 9.17) is 0 Å². The molecule has 2 atom stereocenters. The van der Waals surface area contributed by atoms with Gasteiger partial charge in [0, 0.05) is 24.7 Å². The lowest BCUT2D eigenvalue weighted by Crippen LogP contribution is -2.39. The van der Waals surface area contributed by atoms with Crippen molar-refractivity contribution < 1.29 is 13.6 Å². The Bertz CT molecular complexity index is 743. The molecule has 1 saturated heterocycles. The summed E-state index contributed by atoms with van der Waals surface area (Å²) >= 11 is 0. The largest absolute Gasteiger partial charge is 0.346 e. The molecule has 110 valence electrons. The number of fused-ring (bicyclic) bond motifs is 2. The average molecular weight is 292 g/mol. The topological polar surface area (TPSA) is 61.9 Å². The summed E-state index contributed by atoms with van der Waals surface area (Å²) < 4.78 is 27.5. The monoisotopic (exact) mass is 292 g/mol. The first-order chi connectivity index (χ1) is 9.95. The zero-order valence-corrected chi connectivity index (χ0v) is 11.4. The van der Waals surface area contributed by atoms with Gasteiger partial charge in [-0.2, -0.15) is 0 Å². The van der Waals surface area contributed by atoms with Crippen LogP contribution in [0.5, 0.6) is 0 Å². The van der Waals surface area contributed by atoms with Gasteiger partial charge in [-0.1, -0.05) is 6.92 Å². The van der Waals surface area contributed by atoms with E-state index in [9.17, 15) is 13.6 Å². The van der Waals surface area contributed by atoms with Crippen molar-refractivity contribution in [3.8, 4) is 0 Å². The molecule has 0 radical (unpaired) electrons. The van der Waals surface area contributed by atoms with Crippen LogP contribution in [0, 0.1) is 11.3 Å². The van der Waals surface area contributed by atoms with Crippen molar-refractivity contribution in [1.82, 2.24) is 19.9 Å². The van der Waals surface area contributed by atoms with Crippen molar-refractivity contribution in [3.05, 3.63) is 24.3 Å². The molecule has 0 bridgehead atoms. The number of nitrogens with one attached hydrogen (secondary N) is 1. The fourth-order valence-corrected chi connectivity index (χ4v) is 3.39. The van der Waals surface area contributed by atoms with Gasteiger partial charge in [0.2, 0.25) is 0 Å². The fraction of sp³-hybridized carbons (Fsp3) is 0.500. The number of halogens is 2. The summed E-state index contributed by atoms with van der Waals surface area (Å²) in [6.07, 6.45) is 3.32. The Morgan fingerprint density at radius 1 is 1.48 bits per heavy atom. The summed E-state index contributed by atoms with van der Waals surface area (Å²) in [5.41, 5.74) is -0.0838. The zero-order chi connectivity index (χ0) is 14.8. The second-order valence-corrected chi connectivity index (χ2v) is 6.06. The van der Waals surface area contributed by atoms with Crippen molar-refractivity contribution in [3.63, 3.8) is 0 Å². The van der Waals surface area contributed by atoms with Crippen molar-refractivity contribution >= 4 is 16.9 Å². The van der Waals surface area contributed by atoms with Gasteiger partial charge in [0.1, 0.15) is 17.7 Å². The van der Waals surface area contributed by atoms with Crippen LogP contribution in [-0.2, 0) is 0 Å². The van der Waals surface area contributed by atoms with Crippen LogP contribution in [-0.4, -0.2) is 44.8 Å². The molecule has 0 spiro atoms. The highest BCUT2D eigenvalue weighted by atomic mass is 19.3. The number of alkyl halides is 2. The highest BCUT2D eigenvalue weighted by molar-refractivity contribution is 6.03. The number of aromatic amines is 1. The first-order valence-corrected chi connectivity index (χ1v) is 6.90. The van der Waals surface area contributed by atoms with Crippen LogP contribution < -0.4 is 0 Å². The Labute approximate surface area is 119 Å². The molecule has 5 nitrogen and oxygen atoms in total. The third-order valence-corrected chi connectivity index (χ3v) is 5.03. The minimum Gasteiger partial charge on any atom is -0.346 e. The number of hydrogen-bond donors (Lipinski definition) is 1. The summed E-state index contributed by atoms with van der Waals surface area (Å²) in [6, 6.07) is 1.72. The maximum atomic E-state index is 13.8. The third-order valence-electron chi connectivity index (χ3n) is 5.03. The molecule has 21 heavy (non-hydrogen) atoms. The van der Waals surface area contributed by atoms with Crippen molar-refractivity contribution in [2.24, 2.45) is 11.3 Å². The number of hydrogen-bond acceptors (Lipinski definition) is 3. The zero-order valence-electron chi connectivity index (χ0n) is 11.4. The fourth-order valence-electron chi connectivity index (χ4n) is 3.39. The summed E-state index contributed by atoms with van der Waals surface area (Å²) in [4.78, 5) is 25.0. The molecule has 0 aromatic carbocycles. The third kappa shape index (κ3) is 1.51. The van der Waals surface area contributed by atoms with E-state index in [2.05, 4.69) is 15.0 Å². The molecule has 3 heterocycles. The Balaban J connectivity index is 1.63. The van der Waals surface area contributed by atoms with Gasteiger partial charge in [0.15, 0.2) is 0 Å². The van der Waals surface area contributed by atoms with Crippen molar-refractivity contribution in [1.29, 1.82) is 0 Å². The molecule has 1 aliphatic heterocycles. The molecule has 2 unspecified atom stereocenters. The second kappa shape index (κ2) is 3.78. The van der Waals surface area contributed by atoms with Gasteiger partial charge in [-0.25, -0.2) is 18.7 Å². The number of H-pyrrole nitrogens is 1. The SMILES string of the molecule is CC12CCN(C(=O)c3ncnc4[nH]ccc34)CC1C2(F)F. The normalized spacial score (nSPS) is 30.2. The van der Waals surface area contributed by atoms with E-state index < -0.39 is 17.3 Å². The molecule has 1 amide bonds. The number of rotatable bonds is 1. The number of carbonyl (C=O) groups excluding carboxylic acids is 1. The standard InChI is InChI=1S/C14H14F2N4O/c1-13-3-5-20(6-9(13)14(13,15)16)12(21)10-8-2-4-17-11(8)19-7-18-10/h2,4,7,9H,3,5-6H2,1H3,(H,17,18,19). The van der Waals surface area contributed by atoms with Gasteiger partial charge in [-0.3, -0.25) is 4.79 Å². The Kier molecular flexibility index (Phi) is 2.28. The first-order valence-electron chi connectivity index (χ1n) is 6.90. The van der Waals surface area contributed by atoms with Gasteiger partial charge in [0.25, 0.3) is 11.8 Å². The minimum absolute atomic E-state index is 0.0955. The van der Waals surface area contributed by atoms with Gasteiger partial charge in [0.05, 0.1) is 11.3 Å². The molecule has 1 aliphatic carbocycles. The quantitative estimate of drug-likeness (QED) is 0.875. The minimum atomic E-state index is -2.66. The van der Waals surface area contributed by atoms with Gasteiger partial charge < -0.3 is 9.88 Å². The predicted molar refractivity (Wildman–Crippen MR) is 71.0 cm³/mol. The summed E-state index contributed by atoms with van der Waals surface area (Å²) in [6.45, 7) is 2.05. The van der Waals surface area contributed by atoms with Crippen LogP contribution in [0.25, 0.3) is 11.0 Å². The molecule has 1 N–H and O–H groups in total. The summed E-state index contributed by atoms with van der Waals surface area (Å²) in [5.74, 6) is -3.69. The molecule has 2 aliphatic rings. The second-order valence-electron chi connectivity index (χ2n) is 6.06. The van der Waals surface area contributed by atoms with E-state index >= 15 is 0 Å². The van der Waals surface area contributed by atoms with Gasteiger partial charge >= 0.3 is 0 Å². The predicted octanol–water partition coefficient (Wildman–Crippen LogP) is 2.08. The lowest BCUT2D eigenvalue weighted by Gasteiger charge is -2.28. The number of amides is 1. The number of likely N-dealkylation sites (tertiary alicyclic amines) is 1. The number of nitrogens with zero attached hydrogens (tertiary/aromatic N) is 3. The van der Waals surface area contributed by atoms with Crippen LogP contribution >= 0.6 is 0 Å². The Morgan fingerprint density at radius 2 is 2.29 bits per heavy atom. The molecule has 2 aromatic heterocycles. The Hall–Kier alpha value is -2.05. The van der Waals surface area contributed by atoms with E-state index in [1.807, 2.05) is 0 Å². The van der Waals surface area contributed by atoms with E-state index in [0.717, 1.165) is 0 Å². The van der Waals surface area contributed by atoms with Crippen LogP contribution in [0.15, 0.2) is 18.6 Å². The number of aromatic nitrogens is 3. The highest BCUT2D eigenvalue weighted by Gasteiger charge is 2.78. The molecular formula is C14H14F2N4O. The molecule has 4 rings (SSSR count). The maximum absolute atomic E-state index is 13.8. The maximum Gasteiger partial charge on any atom is 0.273 e. The summed E-state index contributed by atoms with van der Waals surface area (Å²) in [5, 5.41) is 0.624. The molecular weight excluding hydrogens is 278 g/mol. The first kappa shape index (κ1) is 12.7. The smallest absolute Gasteiger partial charge is 0.273 e. The van der Waals surface area contributed by atoms with Gasteiger partial charge in [-0.15, -0.1) is 0 Å². The number of carbonyl (C=O) groups is 1. The van der Waals surface area contributed by atoms with Crippen LogP contribution in [0.2, 0.25) is 0 Å². The Morgan fingerprint density at radius 3 is 3.05 bits per heavy atom. The lowest BCUT2D eigenvalue weighted by atomic mass is 9.97. The molecule has 1 saturated carbocycles. The highest BCUT2D eigenvalue weighted by Crippen LogP contribution is 2.69. The van der Waals surface area contributed by atoms with E-state index in [1.54, 1.807) is 19.2 Å². The summed E-state index contributed by atoms with van der Waals surface area (Å²) in [7, 11) is 0. The van der Waals surface area contributed by atoms with Crippen LogP contribution in [0.4, 0.5) is 8.78 Å². The number of piperidine rings is 1. The van der Waals surface area contributed by atoms with Crippen LogP contribution in [0.3, 0.4) is 0 Å². The average Bonchev–Trinajstić information content (AvgIpc) is 2.84. The van der Waals surface area contributed by atoms with Crippen molar-refractivity contribution in [2.45, 2.75) is 19.3 Å². The van der Waals surface area contributed by atoms with Crippen molar-refractivity contribution in [2.75, 3.05) is 13.1 Å². The molecule has 2 fully saturated rings. The van der Waals surface area contributed by atoms with Crippen LogP contribution in [0.1, 0.15) is 23.8 Å². The molecule has 2 aromatic rings.